The molecule has 0 saturated heterocycles. The summed E-state index contributed by atoms with van der Waals surface area (Å²) in [5.41, 5.74) is 1.58. The average molecular weight is 407 g/mol. The molecule has 7 heteroatoms. The number of methoxy groups -OCH3 is 2. The number of benzene rings is 2. The van der Waals surface area contributed by atoms with Crippen LogP contribution in [0.1, 0.15) is 5.56 Å². The highest BCUT2D eigenvalue weighted by Crippen LogP contribution is 2.38. The maximum absolute atomic E-state index is 9.57. The Bertz CT molecular complexity index is 672. The number of hydrogen-bond donors (Lipinski definition) is 2. The molecular weight excluding hydrogens is 393 g/mol. The lowest BCUT2D eigenvalue weighted by molar-refractivity contribution is 0.351. The molecule has 0 unspecified atom stereocenters. The van der Waals surface area contributed by atoms with E-state index in [1.54, 1.807) is 26.4 Å². The van der Waals surface area contributed by atoms with E-state index in [0.29, 0.717) is 23.7 Å². The number of aromatic hydroxyl groups is 1. The third-order valence-corrected chi connectivity index (χ3v) is 4.40. The largest absolute Gasteiger partial charge is 0.505 e. The van der Waals surface area contributed by atoms with E-state index in [-0.39, 0.29) is 15.8 Å². The summed E-state index contributed by atoms with van der Waals surface area (Å²) in [6, 6.07) is 6.91. The van der Waals surface area contributed by atoms with Crippen LogP contribution >= 0.6 is 39.1 Å². The fourth-order valence-electron chi connectivity index (χ4n) is 1.99. The summed E-state index contributed by atoms with van der Waals surface area (Å²) in [6.07, 6.45) is 0. The van der Waals surface area contributed by atoms with Crippen LogP contribution in [0.4, 0.5) is 5.69 Å². The molecule has 0 fully saturated rings. The van der Waals surface area contributed by atoms with Crippen LogP contribution in [0, 0.1) is 0 Å². The molecule has 0 heterocycles. The van der Waals surface area contributed by atoms with Gasteiger partial charge in [0, 0.05) is 22.3 Å². The normalized spacial score (nSPS) is 10.4. The molecule has 0 radical (unpaired) electrons. The second-order valence-corrected chi connectivity index (χ2v) is 6.07. The van der Waals surface area contributed by atoms with Crippen LogP contribution in [0.25, 0.3) is 0 Å². The number of phenolic OH excluding ortho intramolecular Hbond substituents is 1. The Hall–Kier alpha value is -1.30. The predicted octanol–water partition coefficient (Wildman–Crippen LogP) is 5.09. The van der Waals surface area contributed by atoms with Crippen LogP contribution in [0.5, 0.6) is 17.2 Å². The summed E-state index contributed by atoms with van der Waals surface area (Å²) in [7, 11) is 3.17. The lowest BCUT2D eigenvalue weighted by Crippen LogP contribution is -2.04. The highest BCUT2D eigenvalue weighted by molar-refractivity contribution is 9.10. The van der Waals surface area contributed by atoms with Crippen LogP contribution < -0.4 is 14.8 Å². The second-order valence-electron chi connectivity index (χ2n) is 4.40. The van der Waals surface area contributed by atoms with Gasteiger partial charge in [-0.2, -0.15) is 0 Å². The zero-order chi connectivity index (χ0) is 16.3. The van der Waals surface area contributed by atoms with E-state index >= 15 is 0 Å². The molecule has 118 valence electrons. The van der Waals surface area contributed by atoms with E-state index in [4.69, 9.17) is 32.7 Å². The molecule has 0 aliphatic carbocycles. The van der Waals surface area contributed by atoms with E-state index < -0.39 is 0 Å². The monoisotopic (exact) mass is 405 g/mol. The van der Waals surface area contributed by atoms with Gasteiger partial charge < -0.3 is 19.9 Å². The summed E-state index contributed by atoms with van der Waals surface area (Å²) < 4.78 is 11.6. The van der Waals surface area contributed by atoms with Crippen molar-refractivity contribution in [2.75, 3.05) is 19.5 Å². The van der Waals surface area contributed by atoms with Crippen molar-refractivity contribution in [2.24, 2.45) is 0 Å². The first-order valence-electron chi connectivity index (χ1n) is 6.29. The second kappa shape index (κ2) is 7.31. The van der Waals surface area contributed by atoms with Gasteiger partial charge in [-0.1, -0.05) is 39.1 Å². The maximum Gasteiger partial charge on any atom is 0.166 e. The third-order valence-electron chi connectivity index (χ3n) is 3.08. The molecule has 2 aromatic rings. The quantitative estimate of drug-likeness (QED) is 0.679. The molecule has 0 spiro atoms. The summed E-state index contributed by atoms with van der Waals surface area (Å²) in [6.45, 7) is 0.457. The molecule has 0 amide bonds. The van der Waals surface area contributed by atoms with E-state index in [0.717, 1.165) is 10.0 Å². The van der Waals surface area contributed by atoms with E-state index in [1.807, 2.05) is 12.1 Å². The zero-order valence-electron chi connectivity index (χ0n) is 11.9. The molecule has 0 bridgehead atoms. The van der Waals surface area contributed by atoms with Crippen molar-refractivity contribution in [3.05, 3.63) is 44.3 Å². The van der Waals surface area contributed by atoms with Gasteiger partial charge in [-0.15, -0.1) is 0 Å². The van der Waals surface area contributed by atoms with Crippen molar-refractivity contribution in [1.82, 2.24) is 0 Å². The van der Waals surface area contributed by atoms with Crippen LogP contribution in [0.3, 0.4) is 0 Å². The van der Waals surface area contributed by atoms with E-state index in [1.165, 1.54) is 0 Å². The third kappa shape index (κ3) is 3.54. The van der Waals surface area contributed by atoms with Gasteiger partial charge in [-0.25, -0.2) is 0 Å². The van der Waals surface area contributed by atoms with Crippen molar-refractivity contribution < 1.29 is 14.6 Å². The number of ether oxygens (including phenoxy) is 2. The Morgan fingerprint density at radius 2 is 1.77 bits per heavy atom. The smallest absolute Gasteiger partial charge is 0.166 e. The molecular formula is C15H14BrCl2NO3. The SMILES string of the molecule is COc1ccc(Br)c(CNc2cc(Cl)c(O)c(Cl)c2)c1OC. The van der Waals surface area contributed by atoms with Gasteiger partial charge in [0.2, 0.25) is 0 Å². The van der Waals surface area contributed by atoms with Crippen LogP contribution in [0.15, 0.2) is 28.7 Å². The van der Waals surface area contributed by atoms with Gasteiger partial charge in [0.05, 0.1) is 24.3 Å². The molecule has 0 atom stereocenters. The summed E-state index contributed by atoms with van der Waals surface area (Å²) in [5, 5.41) is 13.1. The minimum absolute atomic E-state index is 0.131. The van der Waals surface area contributed by atoms with Crippen molar-refractivity contribution in [2.45, 2.75) is 6.54 Å². The predicted molar refractivity (Wildman–Crippen MR) is 92.7 cm³/mol. The van der Waals surface area contributed by atoms with Crippen LogP contribution in [0.2, 0.25) is 10.0 Å². The van der Waals surface area contributed by atoms with Crippen molar-refractivity contribution in [3.63, 3.8) is 0 Å². The first kappa shape index (κ1) is 17.1. The molecule has 2 N–H and O–H groups in total. The fourth-order valence-corrected chi connectivity index (χ4v) is 2.93. The Morgan fingerprint density at radius 1 is 1.14 bits per heavy atom. The minimum Gasteiger partial charge on any atom is -0.505 e. The first-order valence-corrected chi connectivity index (χ1v) is 7.84. The van der Waals surface area contributed by atoms with Crippen molar-refractivity contribution >= 4 is 44.8 Å². The average Bonchev–Trinajstić information content (AvgIpc) is 2.50. The Balaban J connectivity index is 2.28. The maximum atomic E-state index is 9.57. The van der Waals surface area contributed by atoms with Gasteiger partial charge in [0.25, 0.3) is 0 Å². The van der Waals surface area contributed by atoms with E-state index in [2.05, 4.69) is 21.2 Å². The fraction of sp³-hybridized carbons (Fsp3) is 0.200. The molecule has 22 heavy (non-hydrogen) atoms. The molecule has 0 aliphatic heterocycles. The number of rotatable bonds is 5. The van der Waals surface area contributed by atoms with Crippen molar-refractivity contribution in [3.8, 4) is 17.2 Å². The zero-order valence-corrected chi connectivity index (χ0v) is 15.0. The van der Waals surface area contributed by atoms with Crippen LogP contribution in [-0.4, -0.2) is 19.3 Å². The minimum atomic E-state index is -0.131. The number of hydrogen-bond acceptors (Lipinski definition) is 4. The van der Waals surface area contributed by atoms with Gasteiger partial charge in [-0.3, -0.25) is 0 Å². The van der Waals surface area contributed by atoms with Gasteiger partial charge >= 0.3 is 0 Å². The first-order chi connectivity index (χ1) is 10.5. The van der Waals surface area contributed by atoms with Gasteiger partial charge in [-0.05, 0) is 24.3 Å². The lowest BCUT2D eigenvalue weighted by Gasteiger charge is -2.16. The Kier molecular flexibility index (Phi) is 5.67. The molecule has 2 aromatic carbocycles. The van der Waals surface area contributed by atoms with Gasteiger partial charge in [0.15, 0.2) is 17.2 Å². The van der Waals surface area contributed by atoms with Crippen molar-refractivity contribution in [1.29, 1.82) is 0 Å². The number of halogens is 3. The topological polar surface area (TPSA) is 50.7 Å². The highest BCUT2D eigenvalue weighted by Gasteiger charge is 2.14. The molecule has 0 aromatic heterocycles. The summed E-state index contributed by atoms with van der Waals surface area (Å²) >= 11 is 15.3. The molecule has 4 nitrogen and oxygen atoms in total. The summed E-state index contributed by atoms with van der Waals surface area (Å²) in [5.74, 6) is 1.15. The highest BCUT2D eigenvalue weighted by atomic mass is 79.9. The Morgan fingerprint density at radius 3 is 2.32 bits per heavy atom. The Labute approximate surface area is 147 Å². The van der Waals surface area contributed by atoms with E-state index in [9.17, 15) is 5.11 Å². The number of anilines is 1. The summed E-state index contributed by atoms with van der Waals surface area (Å²) in [4.78, 5) is 0. The molecule has 0 aliphatic rings. The lowest BCUT2D eigenvalue weighted by atomic mass is 10.1. The van der Waals surface area contributed by atoms with Crippen LogP contribution in [-0.2, 0) is 6.54 Å². The number of phenols is 1. The standard InChI is InChI=1S/C15H14BrCl2NO3/c1-21-13-4-3-10(16)9(15(13)22-2)7-19-8-5-11(17)14(20)12(18)6-8/h3-6,19-20H,7H2,1-2H3. The van der Waals surface area contributed by atoms with Gasteiger partial charge in [0.1, 0.15) is 0 Å². The molecule has 0 saturated carbocycles. The molecule has 2 rings (SSSR count). The number of nitrogens with one attached hydrogen (secondary N) is 1.